The summed E-state index contributed by atoms with van der Waals surface area (Å²) >= 11 is 0. The van der Waals surface area contributed by atoms with E-state index in [1.165, 1.54) is 22.8 Å². The number of rotatable bonds is 4. The second kappa shape index (κ2) is 10.7. The van der Waals surface area contributed by atoms with Crippen LogP contribution in [0.3, 0.4) is 0 Å². The van der Waals surface area contributed by atoms with Crippen molar-refractivity contribution >= 4 is 28.3 Å². The van der Waals surface area contributed by atoms with Gasteiger partial charge < -0.3 is 19.8 Å². The first-order valence-electron chi connectivity index (χ1n) is 14.6. The van der Waals surface area contributed by atoms with E-state index in [1.807, 2.05) is 25.7 Å². The van der Waals surface area contributed by atoms with Crippen LogP contribution in [0, 0.1) is 18.6 Å². The molecule has 1 N–H and O–H groups in total. The molecule has 0 radical (unpaired) electrons. The molecule has 1 saturated heterocycles. The van der Waals surface area contributed by atoms with Crippen LogP contribution in [0.25, 0.3) is 27.7 Å². The van der Waals surface area contributed by atoms with E-state index in [-0.39, 0.29) is 64.7 Å². The Morgan fingerprint density at radius 1 is 1.11 bits per heavy atom. The first kappa shape index (κ1) is 29.3. The third kappa shape index (κ3) is 4.32. The highest BCUT2D eigenvalue weighted by molar-refractivity contribution is 6.06. The summed E-state index contributed by atoms with van der Waals surface area (Å²) in [6, 6.07) is 6.96. The summed E-state index contributed by atoms with van der Waals surface area (Å²) in [4.78, 5) is 41.2. The Bertz CT molecular complexity index is 1910. The maximum atomic E-state index is 17.2. The minimum absolute atomic E-state index is 0.0449. The lowest BCUT2D eigenvalue weighted by Gasteiger charge is -2.46. The van der Waals surface area contributed by atoms with E-state index in [4.69, 9.17) is 0 Å². The molecule has 6 rings (SSSR count). The number of aromatic hydroxyl groups is 1. The van der Waals surface area contributed by atoms with Gasteiger partial charge in [0.1, 0.15) is 17.1 Å². The van der Waals surface area contributed by atoms with Gasteiger partial charge in [0.25, 0.3) is 0 Å². The third-order valence-corrected chi connectivity index (χ3v) is 8.65. The molecule has 2 aromatic carbocycles. The van der Waals surface area contributed by atoms with Gasteiger partial charge in [-0.3, -0.25) is 14.3 Å². The molecule has 0 saturated carbocycles. The average Bonchev–Trinajstić information content (AvgIpc) is 3.10. The molecule has 0 bridgehead atoms. The molecule has 1 amide bonds. The van der Waals surface area contributed by atoms with E-state index in [0.29, 0.717) is 23.5 Å². The fourth-order valence-corrected chi connectivity index (χ4v) is 6.77. The molecule has 0 aliphatic carbocycles. The Kier molecular flexibility index (Phi) is 7.14. The van der Waals surface area contributed by atoms with Gasteiger partial charge in [-0.15, -0.1) is 0 Å². The number of pyridine rings is 1. The Morgan fingerprint density at radius 3 is 2.52 bits per heavy atom. The molecule has 2 aliphatic heterocycles. The third-order valence-electron chi connectivity index (χ3n) is 8.65. The summed E-state index contributed by atoms with van der Waals surface area (Å²) in [5.74, 6) is -2.40. The number of hydrogen-bond acceptors (Lipinski definition) is 7. The molecule has 44 heavy (non-hydrogen) atoms. The molecule has 2 aromatic heterocycles. The lowest BCUT2D eigenvalue weighted by molar-refractivity contribution is -0.127. The van der Waals surface area contributed by atoms with Crippen LogP contribution in [0.2, 0.25) is 0 Å². The highest BCUT2D eigenvalue weighted by Gasteiger charge is 2.42. The maximum absolute atomic E-state index is 17.2. The van der Waals surface area contributed by atoms with Crippen LogP contribution >= 0.6 is 0 Å². The van der Waals surface area contributed by atoms with Crippen molar-refractivity contribution in [2.75, 3.05) is 36.5 Å². The van der Waals surface area contributed by atoms with Gasteiger partial charge in [0, 0.05) is 44.5 Å². The largest absolute Gasteiger partial charge is 0.507 e. The molecule has 2 atom stereocenters. The predicted molar refractivity (Wildman–Crippen MR) is 167 cm³/mol. The first-order chi connectivity index (χ1) is 21.0. The number of phenols is 1. The fraction of sp³-hybridized carbons (Fsp3) is 0.333. The molecular formula is C33H34F2N6O3. The number of piperazine rings is 1. The summed E-state index contributed by atoms with van der Waals surface area (Å²) in [5.41, 5.74) is 0.256. The van der Waals surface area contributed by atoms with Crippen LogP contribution in [0.15, 0.2) is 54.0 Å². The second-order valence-electron chi connectivity index (χ2n) is 11.9. The quantitative estimate of drug-likeness (QED) is 0.333. The molecular weight excluding hydrogens is 566 g/mol. The summed E-state index contributed by atoms with van der Waals surface area (Å²) in [7, 11) is 1.70. The Morgan fingerprint density at radius 2 is 1.84 bits per heavy atom. The van der Waals surface area contributed by atoms with Gasteiger partial charge >= 0.3 is 5.69 Å². The van der Waals surface area contributed by atoms with Gasteiger partial charge in [0.05, 0.1) is 34.1 Å². The van der Waals surface area contributed by atoms with Crippen molar-refractivity contribution in [2.45, 2.75) is 45.7 Å². The van der Waals surface area contributed by atoms with Crippen molar-refractivity contribution in [2.24, 2.45) is 0 Å². The number of halogens is 2. The zero-order valence-corrected chi connectivity index (χ0v) is 25.3. The molecule has 1 fully saturated rings. The van der Waals surface area contributed by atoms with Crippen LogP contribution in [-0.4, -0.2) is 69.2 Å². The van der Waals surface area contributed by atoms with E-state index in [0.717, 1.165) is 0 Å². The molecule has 11 heteroatoms. The number of fused-ring (bicyclic) bond motifs is 2. The number of aryl methyl sites for hydroxylation is 1. The van der Waals surface area contributed by atoms with Gasteiger partial charge in [-0.05, 0) is 43.5 Å². The van der Waals surface area contributed by atoms with Crippen molar-refractivity contribution in [1.29, 1.82) is 0 Å². The predicted octanol–water partition coefficient (Wildman–Crippen LogP) is 4.90. The Balaban J connectivity index is 1.79. The summed E-state index contributed by atoms with van der Waals surface area (Å²) in [6.45, 7) is 12.0. The first-order valence-corrected chi connectivity index (χ1v) is 14.6. The van der Waals surface area contributed by atoms with E-state index < -0.39 is 28.9 Å². The zero-order chi connectivity index (χ0) is 31.6. The number of likely N-dealkylation sites (N-methyl/N-ethyl adjacent to an activating group) is 1. The smallest absolute Gasteiger partial charge is 0.354 e. The minimum Gasteiger partial charge on any atom is -0.507 e. The number of carbonyl (C=O) groups excluding carboxylic acids is 1. The molecule has 228 valence electrons. The maximum Gasteiger partial charge on any atom is 0.354 e. The zero-order valence-electron chi connectivity index (χ0n) is 25.3. The van der Waals surface area contributed by atoms with Gasteiger partial charge in [-0.2, -0.15) is 4.98 Å². The normalized spacial score (nSPS) is 18.0. The van der Waals surface area contributed by atoms with Gasteiger partial charge in [-0.1, -0.05) is 38.6 Å². The number of aromatic nitrogens is 3. The van der Waals surface area contributed by atoms with E-state index >= 15 is 8.78 Å². The number of benzene rings is 2. The van der Waals surface area contributed by atoms with Crippen molar-refractivity contribution in [3.63, 3.8) is 0 Å². The van der Waals surface area contributed by atoms with Crippen LogP contribution < -0.4 is 15.5 Å². The van der Waals surface area contributed by atoms with Gasteiger partial charge in [0.15, 0.2) is 11.6 Å². The number of para-hydroxylation sites is 1. The topological polar surface area (TPSA) is 94.8 Å². The lowest BCUT2D eigenvalue weighted by atomic mass is 9.98. The molecule has 2 aliphatic rings. The summed E-state index contributed by atoms with van der Waals surface area (Å²) in [5, 5.41) is 10.9. The molecule has 9 nitrogen and oxygen atoms in total. The van der Waals surface area contributed by atoms with E-state index in [9.17, 15) is 14.7 Å². The van der Waals surface area contributed by atoms with Crippen LogP contribution in [0.1, 0.15) is 37.9 Å². The molecule has 4 heterocycles. The average molecular weight is 601 g/mol. The molecule has 4 aromatic rings. The summed E-state index contributed by atoms with van der Waals surface area (Å²) in [6.07, 6.45) is 2.89. The lowest BCUT2D eigenvalue weighted by Crippen LogP contribution is -2.61. The van der Waals surface area contributed by atoms with Gasteiger partial charge in [0.2, 0.25) is 5.91 Å². The summed E-state index contributed by atoms with van der Waals surface area (Å²) < 4.78 is 35.4. The number of nitrogens with zero attached hydrogens (tertiary/aromatic N) is 6. The van der Waals surface area contributed by atoms with Crippen molar-refractivity contribution in [3.8, 4) is 22.6 Å². The number of carbonyl (C=O) groups is 1. The SMILES string of the molecule is C=CC(=O)N1CC(C)N2c3nc(=O)n(-c4c(C)ccnc4C(C)C)c4c(F)c(-c5ccccc5O)c(F)c(c34)N(C)CC2C1. The Labute approximate surface area is 253 Å². The van der Waals surface area contributed by atoms with E-state index in [1.54, 1.807) is 48.2 Å². The Hall–Kier alpha value is -4.80. The standard InChI is InChI=1S/C33H34F2N6O3/c1-7-23(43)39-14-19(5)40-20(16-39)15-38(6)30-25-31(27(35)24(26(30)34)21-10-8-9-11-22(21)42)41(33(44)37-32(25)40)29-18(4)12-13-36-28(29)17(2)3/h7-13,17,19-20,42H,1,14-16H2,2-6H3. The second-order valence-corrected chi connectivity index (χ2v) is 11.9. The van der Waals surface area contributed by atoms with E-state index in [2.05, 4.69) is 16.5 Å². The fourth-order valence-electron chi connectivity index (χ4n) is 6.77. The number of hydrogen-bond donors (Lipinski definition) is 1. The highest BCUT2D eigenvalue weighted by Crippen LogP contribution is 2.47. The number of phenolic OH excluding ortho intramolecular Hbond substituents is 1. The van der Waals surface area contributed by atoms with Crippen LogP contribution in [0.5, 0.6) is 5.75 Å². The van der Waals surface area contributed by atoms with Crippen molar-refractivity contribution in [3.05, 3.63) is 82.6 Å². The number of anilines is 2. The van der Waals surface area contributed by atoms with Gasteiger partial charge in [-0.25, -0.2) is 13.6 Å². The molecule has 2 unspecified atom stereocenters. The molecule has 0 spiro atoms. The van der Waals surface area contributed by atoms with Crippen LogP contribution in [-0.2, 0) is 4.79 Å². The minimum atomic E-state index is -0.999. The monoisotopic (exact) mass is 600 g/mol. The van der Waals surface area contributed by atoms with Crippen molar-refractivity contribution < 1.29 is 18.7 Å². The van der Waals surface area contributed by atoms with Crippen LogP contribution in [0.4, 0.5) is 20.3 Å². The van der Waals surface area contributed by atoms with Crippen molar-refractivity contribution in [1.82, 2.24) is 19.4 Å². The number of amides is 1. The highest BCUT2D eigenvalue weighted by atomic mass is 19.1.